The van der Waals surface area contributed by atoms with E-state index in [9.17, 15) is 4.79 Å². The summed E-state index contributed by atoms with van der Waals surface area (Å²) in [6.07, 6.45) is 0. The zero-order valence-corrected chi connectivity index (χ0v) is 16.4. The first-order valence-electron chi connectivity index (χ1n) is 7.99. The molecule has 0 radical (unpaired) electrons. The van der Waals surface area contributed by atoms with E-state index in [-0.39, 0.29) is 11.7 Å². The number of nitrogens with zero attached hydrogens (tertiary/aromatic N) is 4. The molecule has 0 atom stereocenters. The van der Waals surface area contributed by atoms with E-state index in [1.165, 1.54) is 11.8 Å². The Balaban J connectivity index is 1.53. The molecule has 0 spiro atoms. The molecule has 0 aliphatic heterocycles. The monoisotopic (exact) mass is 417 g/mol. The number of nitrogens with one attached hydrogen (secondary N) is 1. The van der Waals surface area contributed by atoms with Crippen molar-refractivity contribution in [2.24, 2.45) is 7.05 Å². The van der Waals surface area contributed by atoms with Gasteiger partial charge in [-0.05, 0) is 18.2 Å². The molecule has 4 aromatic rings. The van der Waals surface area contributed by atoms with Crippen molar-refractivity contribution in [3.8, 4) is 0 Å². The van der Waals surface area contributed by atoms with Gasteiger partial charge in [0.25, 0.3) is 0 Å². The van der Waals surface area contributed by atoms with Crippen LogP contribution in [0.1, 0.15) is 0 Å². The smallest absolute Gasteiger partial charge is 0.234 e. The van der Waals surface area contributed by atoms with Crippen LogP contribution in [-0.2, 0) is 11.8 Å². The lowest BCUT2D eigenvalue weighted by atomic mass is 10.2. The van der Waals surface area contributed by atoms with Crippen molar-refractivity contribution >= 4 is 68.6 Å². The molecule has 2 heterocycles. The molecular weight excluding hydrogens is 405 g/mol. The lowest BCUT2D eigenvalue weighted by Gasteiger charge is -2.08. The number of thioether (sulfide) groups is 1. The number of hydrogen-bond acceptors (Lipinski definition) is 5. The number of rotatable bonds is 4. The van der Waals surface area contributed by atoms with Crippen LogP contribution >= 0.6 is 35.0 Å². The molecule has 0 aliphatic rings. The molecule has 0 fully saturated rings. The third-order valence-electron chi connectivity index (χ3n) is 4.05. The maximum absolute atomic E-state index is 12.2. The van der Waals surface area contributed by atoms with Gasteiger partial charge in [-0.2, -0.15) is 0 Å². The summed E-state index contributed by atoms with van der Waals surface area (Å²) in [4.78, 5) is 16.8. The number of carbonyl (C=O) groups is 1. The van der Waals surface area contributed by atoms with E-state index in [0.29, 0.717) is 20.9 Å². The van der Waals surface area contributed by atoms with E-state index in [1.54, 1.807) is 18.2 Å². The summed E-state index contributed by atoms with van der Waals surface area (Å²) >= 11 is 13.3. The van der Waals surface area contributed by atoms with E-state index in [2.05, 4.69) is 20.5 Å². The van der Waals surface area contributed by atoms with Crippen molar-refractivity contribution in [1.29, 1.82) is 0 Å². The average molecular weight is 418 g/mol. The lowest BCUT2D eigenvalue weighted by molar-refractivity contribution is -0.113. The van der Waals surface area contributed by atoms with Crippen LogP contribution in [0.5, 0.6) is 0 Å². The Morgan fingerprint density at radius 1 is 1.11 bits per heavy atom. The summed E-state index contributed by atoms with van der Waals surface area (Å²) in [5.41, 5.74) is 2.89. The molecular formula is C18H13Cl2N5OS. The van der Waals surface area contributed by atoms with Crippen LogP contribution < -0.4 is 5.32 Å². The SMILES string of the molecule is Cn1c2ccccc2c2nnc(SCC(=O)Nc3c(Cl)cccc3Cl)nc21. The molecule has 136 valence electrons. The molecule has 27 heavy (non-hydrogen) atoms. The summed E-state index contributed by atoms with van der Waals surface area (Å²) < 4.78 is 1.97. The number of carbonyl (C=O) groups excluding carboxylic acids is 1. The molecule has 6 nitrogen and oxygen atoms in total. The highest BCUT2D eigenvalue weighted by molar-refractivity contribution is 7.99. The highest BCUT2D eigenvalue weighted by Crippen LogP contribution is 2.30. The van der Waals surface area contributed by atoms with Crippen LogP contribution in [-0.4, -0.2) is 31.4 Å². The maximum Gasteiger partial charge on any atom is 0.234 e. The number of aryl methyl sites for hydroxylation is 1. The van der Waals surface area contributed by atoms with Crippen molar-refractivity contribution in [3.05, 3.63) is 52.5 Å². The van der Waals surface area contributed by atoms with Crippen LogP contribution in [0.3, 0.4) is 0 Å². The first-order valence-corrected chi connectivity index (χ1v) is 9.73. The van der Waals surface area contributed by atoms with Crippen molar-refractivity contribution in [2.75, 3.05) is 11.1 Å². The van der Waals surface area contributed by atoms with E-state index in [1.807, 2.05) is 35.9 Å². The summed E-state index contributed by atoms with van der Waals surface area (Å²) in [7, 11) is 1.93. The Morgan fingerprint density at radius 3 is 2.63 bits per heavy atom. The van der Waals surface area contributed by atoms with E-state index >= 15 is 0 Å². The second-order valence-corrected chi connectivity index (χ2v) is 7.53. The van der Waals surface area contributed by atoms with Crippen LogP contribution in [0, 0.1) is 0 Å². The number of halogens is 2. The summed E-state index contributed by atoms with van der Waals surface area (Å²) in [5.74, 6) is -0.144. The molecule has 9 heteroatoms. The van der Waals surface area contributed by atoms with Gasteiger partial charge in [0.15, 0.2) is 5.65 Å². The number of para-hydroxylation sites is 2. The Hall–Kier alpha value is -2.35. The van der Waals surface area contributed by atoms with Crippen molar-refractivity contribution in [1.82, 2.24) is 19.7 Å². The number of aromatic nitrogens is 4. The van der Waals surface area contributed by atoms with Crippen molar-refractivity contribution in [2.45, 2.75) is 5.16 Å². The Labute approximate surface area is 168 Å². The Kier molecular flexibility index (Phi) is 4.90. The maximum atomic E-state index is 12.2. The van der Waals surface area contributed by atoms with Gasteiger partial charge in [0.1, 0.15) is 5.52 Å². The summed E-state index contributed by atoms with van der Waals surface area (Å²) in [6.45, 7) is 0. The molecule has 0 bridgehead atoms. The predicted molar refractivity (Wildman–Crippen MR) is 110 cm³/mol. The van der Waals surface area contributed by atoms with Gasteiger partial charge in [-0.15, -0.1) is 10.2 Å². The lowest BCUT2D eigenvalue weighted by Crippen LogP contribution is -2.15. The molecule has 1 N–H and O–H groups in total. The molecule has 0 saturated carbocycles. The Morgan fingerprint density at radius 2 is 1.85 bits per heavy atom. The average Bonchev–Trinajstić information content (AvgIpc) is 2.96. The van der Waals surface area contributed by atoms with Crippen molar-refractivity contribution in [3.63, 3.8) is 0 Å². The third kappa shape index (κ3) is 3.45. The predicted octanol–water partition coefficient (Wildman–Crippen LogP) is 4.55. The highest BCUT2D eigenvalue weighted by atomic mass is 35.5. The molecule has 0 unspecified atom stereocenters. The fourth-order valence-electron chi connectivity index (χ4n) is 2.78. The summed E-state index contributed by atoms with van der Waals surface area (Å²) in [5, 5.41) is 13.3. The number of hydrogen-bond donors (Lipinski definition) is 1. The molecule has 1 amide bonds. The summed E-state index contributed by atoms with van der Waals surface area (Å²) in [6, 6.07) is 13.0. The van der Waals surface area contributed by atoms with Gasteiger partial charge in [-0.3, -0.25) is 4.79 Å². The van der Waals surface area contributed by atoms with Crippen LogP contribution in [0.4, 0.5) is 5.69 Å². The van der Waals surface area contributed by atoms with Gasteiger partial charge in [-0.1, -0.05) is 59.2 Å². The topological polar surface area (TPSA) is 72.7 Å². The molecule has 0 saturated heterocycles. The minimum absolute atomic E-state index is 0.110. The quantitative estimate of drug-likeness (QED) is 0.492. The normalized spacial score (nSPS) is 11.2. The third-order valence-corrected chi connectivity index (χ3v) is 5.51. The number of benzene rings is 2. The second-order valence-electron chi connectivity index (χ2n) is 5.78. The minimum Gasteiger partial charge on any atom is -0.327 e. The van der Waals surface area contributed by atoms with Crippen molar-refractivity contribution < 1.29 is 4.79 Å². The first kappa shape index (κ1) is 18.0. The van der Waals surface area contributed by atoms with E-state index in [4.69, 9.17) is 23.2 Å². The number of amides is 1. The van der Waals surface area contributed by atoms with Gasteiger partial charge in [0.2, 0.25) is 11.1 Å². The van der Waals surface area contributed by atoms with E-state index < -0.39 is 0 Å². The number of fused-ring (bicyclic) bond motifs is 3. The van der Waals surface area contributed by atoms with Gasteiger partial charge in [0.05, 0.1) is 27.0 Å². The van der Waals surface area contributed by atoms with Crippen LogP contribution in [0.2, 0.25) is 10.0 Å². The fraction of sp³-hybridized carbons (Fsp3) is 0.111. The zero-order valence-electron chi connectivity index (χ0n) is 14.1. The molecule has 0 aliphatic carbocycles. The van der Waals surface area contributed by atoms with Gasteiger partial charge >= 0.3 is 0 Å². The van der Waals surface area contributed by atoms with Crippen LogP contribution in [0.15, 0.2) is 47.6 Å². The van der Waals surface area contributed by atoms with Gasteiger partial charge < -0.3 is 9.88 Å². The van der Waals surface area contributed by atoms with E-state index in [0.717, 1.165) is 22.1 Å². The molecule has 4 rings (SSSR count). The standard InChI is InChI=1S/C18H13Cl2N5OS/c1-25-13-8-3-2-5-10(13)15-17(25)22-18(24-23-15)27-9-14(26)21-16-11(19)6-4-7-12(16)20/h2-8H,9H2,1H3,(H,21,26). The van der Waals surface area contributed by atoms with Gasteiger partial charge in [-0.25, -0.2) is 4.98 Å². The molecule has 2 aromatic heterocycles. The minimum atomic E-state index is -0.254. The van der Waals surface area contributed by atoms with Crippen LogP contribution in [0.25, 0.3) is 22.1 Å². The largest absolute Gasteiger partial charge is 0.327 e. The Bertz CT molecular complexity index is 1160. The second kappa shape index (κ2) is 7.34. The fourth-order valence-corrected chi connectivity index (χ4v) is 3.85. The van der Waals surface area contributed by atoms with Gasteiger partial charge in [0, 0.05) is 12.4 Å². The molecule has 2 aromatic carbocycles. The highest BCUT2D eigenvalue weighted by Gasteiger charge is 2.14. The number of anilines is 1. The first-order chi connectivity index (χ1) is 13.0. The zero-order chi connectivity index (χ0) is 19.0.